The highest BCUT2D eigenvalue weighted by Gasteiger charge is 2.23. The van der Waals surface area contributed by atoms with Gasteiger partial charge < -0.3 is 11.1 Å². The van der Waals surface area contributed by atoms with E-state index in [2.05, 4.69) is 26.1 Å². The molecule has 1 amide bonds. The third-order valence-electron chi connectivity index (χ3n) is 4.49. The van der Waals surface area contributed by atoms with E-state index in [1.807, 2.05) is 0 Å². The van der Waals surface area contributed by atoms with Gasteiger partial charge in [0, 0.05) is 13.0 Å². The molecule has 1 fully saturated rings. The van der Waals surface area contributed by atoms with E-state index in [9.17, 15) is 4.79 Å². The summed E-state index contributed by atoms with van der Waals surface area (Å²) in [6, 6.07) is 0. The Kier molecular flexibility index (Phi) is 6.13. The van der Waals surface area contributed by atoms with Gasteiger partial charge in [-0.25, -0.2) is 0 Å². The number of nitrogens with one attached hydrogen (secondary N) is 1. The predicted molar refractivity (Wildman–Crippen MR) is 76.2 cm³/mol. The number of carbonyl (C=O) groups is 1. The van der Waals surface area contributed by atoms with Crippen LogP contribution in [0.2, 0.25) is 0 Å². The molecule has 1 rings (SSSR count). The van der Waals surface area contributed by atoms with Crippen molar-refractivity contribution >= 4 is 5.91 Å². The first-order valence-corrected chi connectivity index (χ1v) is 7.43. The van der Waals surface area contributed by atoms with Crippen molar-refractivity contribution in [2.24, 2.45) is 23.0 Å². The van der Waals surface area contributed by atoms with Crippen LogP contribution in [0.3, 0.4) is 0 Å². The Hall–Kier alpha value is -0.570. The Morgan fingerprint density at radius 3 is 2.28 bits per heavy atom. The van der Waals surface area contributed by atoms with Crippen LogP contribution in [-0.4, -0.2) is 19.0 Å². The van der Waals surface area contributed by atoms with Crippen molar-refractivity contribution in [1.29, 1.82) is 0 Å². The maximum atomic E-state index is 11.9. The summed E-state index contributed by atoms with van der Waals surface area (Å²) in [4.78, 5) is 11.9. The molecule has 0 aromatic heterocycles. The monoisotopic (exact) mass is 254 g/mol. The van der Waals surface area contributed by atoms with Crippen LogP contribution in [0.25, 0.3) is 0 Å². The molecule has 1 aliphatic carbocycles. The van der Waals surface area contributed by atoms with Crippen LogP contribution in [0, 0.1) is 17.3 Å². The fourth-order valence-corrected chi connectivity index (χ4v) is 2.47. The molecule has 0 heterocycles. The molecule has 1 saturated carbocycles. The van der Waals surface area contributed by atoms with E-state index >= 15 is 0 Å². The fourth-order valence-electron chi connectivity index (χ4n) is 2.47. The zero-order chi connectivity index (χ0) is 13.6. The van der Waals surface area contributed by atoms with Crippen LogP contribution in [0.1, 0.15) is 59.3 Å². The van der Waals surface area contributed by atoms with Gasteiger partial charge in [-0.15, -0.1) is 0 Å². The minimum Gasteiger partial charge on any atom is -0.356 e. The van der Waals surface area contributed by atoms with Crippen molar-refractivity contribution in [3.05, 3.63) is 0 Å². The van der Waals surface area contributed by atoms with E-state index in [4.69, 9.17) is 5.73 Å². The highest BCUT2D eigenvalue weighted by atomic mass is 16.1. The van der Waals surface area contributed by atoms with Crippen LogP contribution < -0.4 is 11.1 Å². The second-order valence-corrected chi connectivity index (χ2v) is 6.62. The Bertz CT molecular complexity index is 255. The van der Waals surface area contributed by atoms with Gasteiger partial charge in [0.15, 0.2) is 0 Å². The Labute approximate surface area is 112 Å². The average molecular weight is 254 g/mol. The molecule has 0 radical (unpaired) electrons. The van der Waals surface area contributed by atoms with Crippen molar-refractivity contribution in [3.8, 4) is 0 Å². The largest absolute Gasteiger partial charge is 0.356 e. The average Bonchev–Trinajstić information content (AvgIpc) is 2.37. The fraction of sp³-hybridized carbons (Fsp3) is 0.933. The lowest BCUT2D eigenvalue weighted by molar-refractivity contribution is -0.122. The van der Waals surface area contributed by atoms with E-state index in [0.29, 0.717) is 18.3 Å². The minimum absolute atomic E-state index is 0.215. The summed E-state index contributed by atoms with van der Waals surface area (Å²) in [5.41, 5.74) is 5.90. The van der Waals surface area contributed by atoms with Crippen molar-refractivity contribution in [2.75, 3.05) is 13.1 Å². The zero-order valence-corrected chi connectivity index (χ0v) is 12.3. The topological polar surface area (TPSA) is 55.1 Å². The van der Waals surface area contributed by atoms with Gasteiger partial charge in [0.05, 0.1) is 0 Å². The smallest absolute Gasteiger partial charge is 0.220 e. The molecule has 0 atom stereocenters. The molecule has 3 N–H and O–H groups in total. The standard InChI is InChI=1S/C15H30N2O/c1-4-15(2,3)11-17-14(18)9-12-5-7-13(10-16)8-6-12/h12-13H,4-11,16H2,1-3H3,(H,17,18). The third kappa shape index (κ3) is 5.38. The molecule has 0 unspecified atom stereocenters. The van der Waals surface area contributed by atoms with Gasteiger partial charge in [-0.05, 0) is 55.9 Å². The molecule has 1 aliphatic rings. The molecule has 0 spiro atoms. The second-order valence-electron chi connectivity index (χ2n) is 6.62. The van der Waals surface area contributed by atoms with Gasteiger partial charge in [-0.1, -0.05) is 20.8 Å². The maximum Gasteiger partial charge on any atom is 0.220 e. The van der Waals surface area contributed by atoms with Crippen molar-refractivity contribution in [3.63, 3.8) is 0 Å². The highest BCUT2D eigenvalue weighted by molar-refractivity contribution is 5.76. The zero-order valence-electron chi connectivity index (χ0n) is 12.3. The SMILES string of the molecule is CCC(C)(C)CNC(=O)CC1CCC(CN)CC1. The number of rotatable bonds is 6. The lowest BCUT2D eigenvalue weighted by Gasteiger charge is -2.28. The molecular weight excluding hydrogens is 224 g/mol. The van der Waals surface area contributed by atoms with Gasteiger partial charge in [0.2, 0.25) is 5.91 Å². The molecule has 106 valence electrons. The van der Waals surface area contributed by atoms with Crippen LogP contribution in [0.15, 0.2) is 0 Å². The molecule has 3 heteroatoms. The van der Waals surface area contributed by atoms with Gasteiger partial charge >= 0.3 is 0 Å². The Morgan fingerprint density at radius 1 is 1.22 bits per heavy atom. The molecule has 0 bridgehead atoms. The first-order valence-electron chi connectivity index (χ1n) is 7.43. The molecule has 0 aromatic rings. The number of carbonyl (C=O) groups excluding carboxylic acids is 1. The highest BCUT2D eigenvalue weighted by Crippen LogP contribution is 2.30. The van der Waals surface area contributed by atoms with Crippen LogP contribution in [0.5, 0.6) is 0 Å². The summed E-state index contributed by atoms with van der Waals surface area (Å²) in [6.07, 6.45) is 6.55. The Balaban J connectivity index is 2.21. The number of nitrogens with two attached hydrogens (primary N) is 1. The summed E-state index contributed by atoms with van der Waals surface area (Å²) < 4.78 is 0. The van der Waals surface area contributed by atoms with Crippen LogP contribution in [0.4, 0.5) is 0 Å². The number of amides is 1. The predicted octanol–water partition coefficient (Wildman–Crippen LogP) is 2.69. The number of hydrogen-bond acceptors (Lipinski definition) is 2. The number of hydrogen-bond donors (Lipinski definition) is 2. The first-order chi connectivity index (χ1) is 8.46. The van der Waals surface area contributed by atoms with Crippen LogP contribution in [-0.2, 0) is 4.79 Å². The lowest BCUT2D eigenvalue weighted by atomic mass is 9.80. The summed E-state index contributed by atoms with van der Waals surface area (Å²) in [5.74, 6) is 1.51. The van der Waals surface area contributed by atoms with E-state index in [-0.39, 0.29) is 11.3 Å². The quantitative estimate of drug-likeness (QED) is 0.765. The molecule has 3 nitrogen and oxygen atoms in total. The summed E-state index contributed by atoms with van der Waals surface area (Å²) in [7, 11) is 0. The maximum absolute atomic E-state index is 11.9. The van der Waals surface area contributed by atoms with Crippen molar-refractivity contribution < 1.29 is 4.79 Å². The minimum atomic E-state index is 0.215. The van der Waals surface area contributed by atoms with Gasteiger partial charge in [0.1, 0.15) is 0 Å². The van der Waals surface area contributed by atoms with Crippen molar-refractivity contribution in [2.45, 2.75) is 59.3 Å². The van der Waals surface area contributed by atoms with Crippen molar-refractivity contribution in [1.82, 2.24) is 5.32 Å². The summed E-state index contributed by atoms with van der Waals surface area (Å²) >= 11 is 0. The van der Waals surface area contributed by atoms with E-state index in [1.54, 1.807) is 0 Å². The van der Waals surface area contributed by atoms with E-state index in [1.165, 1.54) is 25.7 Å². The molecule has 0 aromatic carbocycles. The first kappa shape index (κ1) is 15.5. The Morgan fingerprint density at radius 2 is 1.78 bits per heavy atom. The summed E-state index contributed by atoms with van der Waals surface area (Å²) in [6.45, 7) is 8.16. The van der Waals surface area contributed by atoms with E-state index < -0.39 is 0 Å². The van der Waals surface area contributed by atoms with Crippen LogP contribution >= 0.6 is 0 Å². The molecular formula is C15H30N2O. The normalized spacial score (nSPS) is 24.9. The molecule has 0 aliphatic heterocycles. The summed E-state index contributed by atoms with van der Waals surface area (Å²) in [5, 5.41) is 3.08. The lowest BCUT2D eigenvalue weighted by Crippen LogP contribution is -2.35. The van der Waals surface area contributed by atoms with Gasteiger partial charge in [0.25, 0.3) is 0 Å². The van der Waals surface area contributed by atoms with Gasteiger partial charge in [-0.3, -0.25) is 4.79 Å². The van der Waals surface area contributed by atoms with Gasteiger partial charge in [-0.2, -0.15) is 0 Å². The molecule has 18 heavy (non-hydrogen) atoms. The second kappa shape index (κ2) is 7.13. The third-order valence-corrected chi connectivity index (χ3v) is 4.49. The van der Waals surface area contributed by atoms with E-state index in [0.717, 1.165) is 19.5 Å². The molecule has 0 saturated heterocycles.